The van der Waals surface area contributed by atoms with E-state index in [1.54, 1.807) is 0 Å². The molecular weight excluding hydrogens is 242 g/mol. The van der Waals surface area contributed by atoms with E-state index in [0.717, 1.165) is 12.3 Å². The maximum absolute atomic E-state index is 6.32. The van der Waals surface area contributed by atoms with Crippen LogP contribution in [0.15, 0.2) is 24.3 Å². The van der Waals surface area contributed by atoms with E-state index in [2.05, 4.69) is 38.1 Å². The van der Waals surface area contributed by atoms with Crippen molar-refractivity contribution in [3.8, 4) is 0 Å². The number of rotatable bonds is 6. The molecule has 0 amide bonds. The summed E-state index contributed by atoms with van der Waals surface area (Å²) >= 11 is 0. The van der Waals surface area contributed by atoms with Crippen LogP contribution in [0.25, 0.3) is 0 Å². The Morgan fingerprint density at radius 3 is 2.30 bits per heavy atom. The van der Waals surface area contributed by atoms with Gasteiger partial charge >= 0.3 is 0 Å². The van der Waals surface area contributed by atoms with Crippen molar-refractivity contribution >= 4 is 0 Å². The Kier molecular flexibility index (Phi) is 6.09. The summed E-state index contributed by atoms with van der Waals surface area (Å²) in [5, 5.41) is 0. The molecule has 20 heavy (non-hydrogen) atoms. The molecule has 1 aliphatic rings. The molecule has 1 heteroatoms. The first-order valence-corrected chi connectivity index (χ1v) is 8.49. The molecule has 0 aliphatic heterocycles. The first-order valence-electron chi connectivity index (χ1n) is 8.49. The summed E-state index contributed by atoms with van der Waals surface area (Å²) in [5.74, 6) is 1.57. The Labute approximate surface area is 125 Å². The molecular formula is C19H31N. The third-order valence-electron chi connectivity index (χ3n) is 4.81. The Morgan fingerprint density at radius 1 is 1.05 bits per heavy atom. The molecule has 1 unspecified atom stereocenters. The highest BCUT2D eigenvalue weighted by Gasteiger charge is 2.14. The minimum absolute atomic E-state index is 0.335. The second kappa shape index (κ2) is 7.83. The van der Waals surface area contributed by atoms with Crippen LogP contribution in [0.1, 0.15) is 75.8 Å². The van der Waals surface area contributed by atoms with Crippen molar-refractivity contribution in [3.63, 3.8) is 0 Å². The predicted molar refractivity (Wildman–Crippen MR) is 88.0 cm³/mol. The smallest absolute Gasteiger partial charge is 0.00794 e. The van der Waals surface area contributed by atoms with E-state index in [1.807, 2.05) is 0 Å². The molecule has 0 heterocycles. The number of benzene rings is 1. The van der Waals surface area contributed by atoms with Crippen LogP contribution in [0.4, 0.5) is 0 Å². The van der Waals surface area contributed by atoms with Crippen LogP contribution in [-0.2, 0) is 6.42 Å². The van der Waals surface area contributed by atoms with Crippen molar-refractivity contribution < 1.29 is 0 Å². The van der Waals surface area contributed by atoms with E-state index in [1.165, 1.54) is 56.1 Å². The maximum Gasteiger partial charge on any atom is 0.00794 e. The summed E-state index contributed by atoms with van der Waals surface area (Å²) in [4.78, 5) is 0. The van der Waals surface area contributed by atoms with Gasteiger partial charge in [-0.3, -0.25) is 0 Å². The lowest BCUT2D eigenvalue weighted by atomic mass is 9.84. The number of hydrogen-bond acceptors (Lipinski definition) is 1. The molecule has 1 aromatic carbocycles. The normalized spacial score (nSPS) is 18.4. The van der Waals surface area contributed by atoms with E-state index in [9.17, 15) is 0 Å². The molecule has 1 fully saturated rings. The van der Waals surface area contributed by atoms with Crippen LogP contribution >= 0.6 is 0 Å². The van der Waals surface area contributed by atoms with Gasteiger partial charge in [-0.2, -0.15) is 0 Å². The fourth-order valence-electron chi connectivity index (χ4n) is 3.37. The molecule has 112 valence electrons. The maximum atomic E-state index is 6.32. The van der Waals surface area contributed by atoms with Crippen molar-refractivity contribution in [3.05, 3.63) is 35.4 Å². The highest BCUT2D eigenvalue weighted by atomic mass is 14.6. The van der Waals surface area contributed by atoms with E-state index in [-0.39, 0.29) is 0 Å². The third kappa shape index (κ3) is 4.94. The number of nitrogens with two attached hydrogens (primary N) is 1. The summed E-state index contributed by atoms with van der Waals surface area (Å²) in [7, 11) is 0. The highest BCUT2D eigenvalue weighted by Crippen LogP contribution is 2.27. The molecule has 1 saturated carbocycles. The van der Waals surface area contributed by atoms with Gasteiger partial charge < -0.3 is 5.73 Å². The second-order valence-electron chi connectivity index (χ2n) is 6.94. The summed E-state index contributed by atoms with van der Waals surface area (Å²) in [6, 6.07) is 9.37. The molecule has 2 rings (SSSR count). The average molecular weight is 273 g/mol. The van der Waals surface area contributed by atoms with Crippen LogP contribution in [0.2, 0.25) is 0 Å². The van der Waals surface area contributed by atoms with Gasteiger partial charge in [0.2, 0.25) is 0 Å². The van der Waals surface area contributed by atoms with Gasteiger partial charge in [-0.25, -0.2) is 0 Å². The largest absolute Gasteiger partial charge is 0.327 e. The van der Waals surface area contributed by atoms with Crippen molar-refractivity contribution in [2.45, 2.75) is 77.2 Å². The monoisotopic (exact) mass is 273 g/mol. The van der Waals surface area contributed by atoms with Crippen molar-refractivity contribution in [2.75, 3.05) is 0 Å². The fraction of sp³-hybridized carbons (Fsp3) is 0.684. The molecule has 0 saturated heterocycles. The minimum atomic E-state index is 0.335. The van der Waals surface area contributed by atoms with Gasteiger partial charge in [0.05, 0.1) is 0 Å². The van der Waals surface area contributed by atoms with Crippen molar-refractivity contribution in [1.82, 2.24) is 0 Å². The zero-order valence-electron chi connectivity index (χ0n) is 13.3. The Morgan fingerprint density at radius 2 is 1.70 bits per heavy atom. The third-order valence-corrected chi connectivity index (χ3v) is 4.81. The SMILES string of the molecule is CC(C)c1ccc(CC(N)CCC2CCCCC2)cc1. The van der Waals surface area contributed by atoms with Crippen LogP contribution in [0, 0.1) is 5.92 Å². The molecule has 0 spiro atoms. The van der Waals surface area contributed by atoms with E-state index >= 15 is 0 Å². The van der Waals surface area contributed by atoms with Gasteiger partial charge in [0, 0.05) is 6.04 Å². The van der Waals surface area contributed by atoms with Gasteiger partial charge in [-0.1, -0.05) is 70.2 Å². The van der Waals surface area contributed by atoms with E-state index in [4.69, 9.17) is 5.73 Å². The molecule has 0 aromatic heterocycles. The molecule has 1 atom stereocenters. The Hall–Kier alpha value is -0.820. The van der Waals surface area contributed by atoms with Crippen LogP contribution < -0.4 is 5.73 Å². The van der Waals surface area contributed by atoms with E-state index < -0.39 is 0 Å². The van der Waals surface area contributed by atoms with Crippen molar-refractivity contribution in [2.24, 2.45) is 11.7 Å². The summed E-state index contributed by atoms with van der Waals surface area (Å²) in [6.07, 6.45) is 10.8. The van der Waals surface area contributed by atoms with Gasteiger partial charge in [-0.05, 0) is 42.2 Å². The average Bonchev–Trinajstić information content (AvgIpc) is 2.47. The van der Waals surface area contributed by atoms with E-state index in [0.29, 0.717) is 12.0 Å². The van der Waals surface area contributed by atoms with Gasteiger partial charge in [0.25, 0.3) is 0 Å². The standard InChI is InChI=1S/C19H31N/c1-15(2)18-11-8-17(9-12-18)14-19(20)13-10-16-6-4-3-5-7-16/h8-9,11-12,15-16,19H,3-7,10,13-14,20H2,1-2H3. The van der Waals surface area contributed by atoms with Gasteiger partial charge in [-0.15, -0.1) is 0 Å². The highest BCUT2D eigenvalue weighted by molar-refractivity contribution is 5.25. The lowest BCUT2D eigenvalue weighted by Gasteiger charge is -2.23. The molecule has 0 radical (unpaired) electrons. The minimum Gasteiger partial charge on any atom is -0.327 e. The molecule has 0 bridgehead atoms. The lowest BCUT2D eigenvalue weighted by Crippen LogP contribution is -2.24. The Balaban J connectivity index is 1.74. The quantitative estimate of drug-likeness (QED) is 0.772. The first kappa shape index (κ1) is 15.6. The van der Waals surface area contributed by atoms with Crippen LogP contribution in [-0.4, -0.2) is 6.04 Å². The topological polar surface area (TPSA) is 26.0 Å². The molecule has 1 aromatic rings. The number of hydrogen-bond donors (Lipinski definition) is 1. The van der Waals surface area contributed by atoms with Crippen molar-refractivity contribution in [1.29, 1.82) is 0 Å². The Bertz CT molecular complexity index is 373. The first-order chi connectivity index (χ1) is 9.65. The van der Waals surface area contributed by atoms with Gasteiger partial charge in [0.15, 0.2) is 0 Å². The fourth-order valence-corrected chi connectivity index (χ4v) is 3.37. The summed E-state index contributed by atoms with van der Waals surface area (Å²) in [5.41, 5.74) is 9.14. The summed E-state index contributed by atoms with van der Waals surface area (Å²) in [6.45, 7) is 4.48. The zero-order chi connectivity index (χ0) is 14.4. The summed E-state index contributed by atoms with van der Waals surface area (Å²) < 4.78 is 0. The van der Waals surface area contributed by atoms with Crippen LogP contribution in [0.5, 0.6) is 0 Å². The predicted octanol–water partition coefficient (Wildman–Crippen LogP) is 5.04. The van der Waals surface area contributed by atoms with Crippen LogP contribution in [0.3, 0.4) is 0 Å². The van der Waals surface area contributed by atoms with Gasteiger partial charge in [0.1, 0.15) is 0 Å². The molecule has 1 aliphatic carbocycles. The molecule has 2 N–H and O–H groups in total. The zero-order valence-corrected chi connectivity index (χ0v) is 13.3. The molecule has 1 nitrogen and oxygen atoms in total. The second-order valence-corrected chi connectivity index (χ2v) is 6.94. The lowest BCUT2D eigenvalue weighted by molar-refractivity contribution is 0.323.